The van der Waals surface area contributed by atoms with Crippen molar-refractivity contribution in [2.24, 2.45) is 0 Å². The second-order valence-corrected chi connectivity index (χ2v) is 4.52. The lowest BCUT2D eigenvalue weighted by Crippen LogP contribution is -2.09. The molecule has 2 aromatic rings. The molecule has 0 amide bonds. The molecule has 0 spiro atoms. The van der Waals surface area contributed by atoms with Crippen LogP contribution in [0.2, 0.25) is 0 Å². The molecule has 0 aliphatic heterocycles. The Morgan fingerprint density at radius 2 is 2.00 bits per heavy atom. The molecule has 0 fully saturated rings. The normalized spacial score (nSPS) is 12.6. The molecule has 1 aromatic carbocycles. The fourth-order valence-electron chi connectivity index (χ4n) is 1.79. The van der Waals surface area contributed by atoms with Crippen LogP contribution in [0.4, 0.5) is 0 Å². The highest BCUT2D eigenvalue weighted by Crippen LogP contribution is 2.17. The van der Waals surface area contributed by atoms with Crippen molar-refractivity contribution in [1.82, 2.24) is 10.1 Å². The molecule has 4 nitrogen and oxygen atoms in total. The first-order valence-electron chi connectivity index (χ1n) is 6.26. The zero-order valence-electron chi connectivity index (χ0n) is 10.8. The van der Waals surface area contributed by atoms with E-state index in [1.54, 1.807) is 0 Å². The molecular formula is C14H18N2O2. The monoisotopic (exact) mass is 246 g/mol. The Labute approximate surface area is 107 Å². The van der Waals surface area contributed by atoms with Crippen LogP contribution in [0.5, 0.6) is 0 Å². The summed E-state index contributed by atoms with van der Waals surface area (Å²) in [5.41, 5.74) is 2.13. The zero-order chi connectivity index (χ0) is 13.0. The van der Waals surface area contributed by atoms with E-state index in [0.29, 0.717) is 18.1 Å². The average molecular weight is 246 g/mol. The fourth-order valence-corrected chi connectivity index (χ4v) is 1.79. The molecule has 2 rings (SSSR count). The van der Waals surface area contributed by atoms with Crippen LogP contribution in [0.1, 0.15) is 31.2 Å². The molecule has 0 saturated carbocycles. The Morgan fingerprint density at radius 1 is 1.28 bits per heavy atom. The predicted octanol–water partition coefficient (Wildman–Crippen LogP) is 2.75. The first kappa shape index (κ1) is 12.8. The van der Waals surface area contributed by atoms with E-state index in [0.717, 1.165) is 18.4 Å². The van der Waals surface area contributed by atoms with E-state index in [1.165, 1.54) is 5.56 Å². The van der Waals surface area contributed by atoms with Gasteiger partial charge >= 0.3 is 0 Å². The zero-order valence-corrected chi connectivity index (χ0v) is 10.8. The first-order valence-corrected chi connectivity index (χ1v) is 6.26. The van der Waals surface area contributed by atoms with Crippen LogP contribution >= 0.6 is 0 Å². The standard InChI is InChI=1S/C14H18N2O2/c1-3-4-12(17)9-13-15-14(16-18-13)11-7-5-10(2)6-8-11/h5-8,12,17H,3-4,9H2,1-2H3. The van der Waals surface area contributed by atoms with Crippen molar-refractivity contribution >= 4 is 0 Å². The maximum atomic E-state index is 9.69. The maximum absolute atomic E-state index is 9.69. The molecule has 0 aliphatic rings. The predicted molar refractivity (Wildman–Crippen MR) is 69.1 cm³/mol. The second kappa shape index (κ2) is 5.78. The third-order valence-electron chi connectivity index (χ3n) is 2.81. The molecule has 4 heteroatoms. The quantitative estimate of drug-likeness (QED) is 0.881. The Bertz CT molecular complexity index is 491. The van der Waals surface area contributed by atoms with Gasteiger partial charge in [0.1, 0.15) is 0 Å². The largest absolute Gasteiger partial charge is 0.393 e. The lowest BCUT2D eigenvalue weighted by atomic mass is 10.1. The number of hydrogen-bond acceptors (Lipinski definition) is 4. The van der Waals surface area contributed by atoms with Crippen LogP contribution in [0.25, 0.3) is 11.4 Å². The van der Waals surface area contributed by atoms with E-state index in [9.17, 15) is 5.11 Å². The van der Waals surface area contributed by atoms with Gasteiger partial charge in [0.2, 0.25) is 11.7 Å². The van der Waals surface area contributed by atoms with Crippen molar-refractivity contribution in [3.63, 3.8) is 0 Å². The van der Waals surface area contributed by atoms with Crippen LogP contribution in [0, 0.1) is 6.92 Å². The van der Waals surface area contributed by atoms with Crippen LogP contribution in [-0.4, -0.2) is 21.4 Å². The summed E-state index contributed by atoms with van der Waals surface area (Å²) in [5, 5.41) is 13.6. The molecule has 0 aliphatic carbocycles. The molecule has 1 heterocycles. The van der Waals surface area contributed by atoms with Gasteiger partial charge in [-0.2, -0.15) is 4.98 Å². The fraction of sp³-hybridized carbons (Fsp3) is 0.429. The second-order valence-electron chi connectivity index (χ2n) is 4.52. The Kier molecular flexibility index (Phi) is 4.10. The number of nitrogens with zero attached hydrogens (tertiary/aromatic N) is 2. The van der Waals surface area contributed by atoms with Crippen molar-refractivity contribution in [3.8, 4) is 11.4 Å². The number of aliphatic hydroxyl groups is 1. The third-order valence-corrected chi connectivity index (χ3v) is 2.81. The molecular weight excluding hydrogens is 228 g/mol. The highest BCUT2D eigenvalue weighted by Gasteiger charge is 2.12. The number of aryl methyl sites for hydroxylation is 1. The summed E-state index contributed by atoms with van der Waals surface area (Å²) in [6.07, 6.45) is 1.72. The minimum absolute atomic E-state index is 0.402. The van der Waals surface area contributed by atoms with Gasteiger partial charge in [-0.3, -0.25) is 0 Å². The summed E-state index contributed by atoms with van der Waals surface area (Å²) in [7, 11) is 0. The minimum atomic E-state index is -0.402. The van der Waals surface area contributed by atoms with E-state index in [4.69, 9.17) is 4.52 Å². The minimum Gasteiger partial charge on any atom is -0.393 e. The summed E-state index contributed by atoms with van der Waals surface area (Å²) in [4.78, 5) is 4.29. The molecule has 1 aromatic heterocycles. The van der Waals surface area contributed by atoms with Crippen LogP contribution in [0.15, 0.2) is 28.8 Å². The number of rotatable bonds is 5. The van der Waals surface area contributed by atoms with E-state index >= 15 is 0 Å². The number of hydrogen-bond donors (Lipinski definition) is 1. The van der Waals surface area contributed by atoms with Gasteiger partial charge in [-0.1, -0.05) is 48.3 Å². The molecule has 0 radical (unpaired) electrons. The van der Waals surface area contributed by atoms with Gasteiger partial charge in [-0.05, 0) is 13.3 Å². The van der Waals surface area contributed by atoms with Crippen molar-refractivity contribution in [2.75, 3.05) is 0 Å². The van der Waals surface area contributed by atoms with E-state index in [-0.39, 0.29) is 0 Å². The summed E-state index contributed by atoms with van der Waals surface area (Å²) in [6.45, 7) is 4.07. The van der Waals surface area contributed by atoms with E-state index in [1.807, 2.05) is 38.1 Å². The molecule has 18 heavy (non-hydrogen) atoms. The van der Waals surface area contributed by atoms with E-state index < -0.39 is 6.10 Å². The third kappa shape index (κ3) is 3.17. The number of benzene rings is 1. The summed E-state index contributed by atoms with van der Waals surface area (Å²) in [6, 6.07) is 7.95. The Balaban J connectivity index is 2.08. The van der Waals surface area contributed by atoms with Gasteiger partial charge in [0, 0.05) is 5.56 Å². The van der Waals surface area contributed by atoms with Crippen molar-refractivity contribution in [1.29, 1.82) is 0 Å². The Morgan fingerprint density at radius 3 is 2.67 bits per heavy atom. The lowest BCUT2D eigenvalue weighted by Gasteiger charge is -2.03. The Hall–Kier alpha value is -1.68. The summed E-state index contributed by atoms with van der Waals surface area (Å²) >= 11 is 0. The highest BCUT2D eigenvalue weighted by atomic mass is 16.5. The van der Waals surface area contributed by atoms with Gasteiger partial charge in [-0.15, -0.1) is 0 Å². The molecule has 1 atom stereocenters. The highest BCUT2D eigenvalue weighted by molar-refractivity contribution is 5.54. The SMILES string of the molecule is CCCC(O)Cc1nc(-c2ccc(C)cc2)no1. The lowest BCUT2D eigenvalue weighted by molar-refractivity contribution is 0.152. The van der Waals surface area contributed by atoms with Crippen LogP contribution in [0.3, 0.4) is 0 Å². The van der Waals surface area contributed by atoms with E-state index in [2.05, 4.69) is 10.1 Å². The van der Waals surface area contributed by atoms with Crippen LogP contribution in [-0.2, 0) is 6.42 Å². The summed E-state index contributed by atoms with van der Waals surface area (Å²) in [5.74, 6) is 1.07. The summed E-state index contributed by atoms with van der Waals surface area (Å²) < 4.78 is 5.15. The molecule has 1 N–H and O–H groups in total. The van der Waals surface area contributed by atoms with Gasteiger partial charge in [0.15, 0.2) is 0 Å². The van der Waals surface area contributed by atoms with Gasteiger partial charge in [0.25, 0.3) is 0 Å². The van der Waals surface area contributed by atoms with Gasteiger partial charge in [0.05, 0.1) is 12.5 Å². The average Bonchev–Trinajstić information content (AvgIpc) is 2.78. The van der Waals surface area contributed by atoms with Crippen molar-refractivity contribution < 1.29 is 9.63 Å². The molecule has 0 saturated heterocycles. The first-order chi connectivity index (χ1) is 8.69. The van der Waals surface area contributed by atoms with Crippen molar-refractivity contribution in [2.45, 2.75) is 39.2 Å². The van der Waals surface area contributed by atoms with Gasteiger partial charge in [-0.25, -0.2) is 0 Å². The smallest absolute Gasteiger partial charge is 0.229 e. The molecule has 96 valence electrons. The van der Waals surface area contributed by atoms with Crippen molar-refractivity contribution in [3.05, 3.63) is 35.7 Å². The molecule has 0 bridgehead atoms. The number of aromatic nitrogens is 2. The topological polar surface area (TPSA) is 59.2 Å². The maximum Gasteiger partial charge on any atom is 0.229 e. The number of aliphatic hydroxyl groups excluding tert-OH is 1. The molecule has 1 unspecified atom stereocenters. The van der Waals surface area contributed by atoms with Gasteiger partial charge < -0.3 is 9.63 Å². The van der Waals surface area contributed by atoms with Crippen LogP contribution < -0.4 is 0 Å².